The first kappa shape index (κ1) is 12.4. The molecule has 0 saturated heterocycles. The number of halogens is 4. The molecule has 0 aliphatic carbocycles. The molecular formula is C8H5ClF3N3O. The molecule has 0 aliphatic rings. The van der Waals surface area contributed by atoms with Crippen molar-refractivity contribution in [1.29, 1.82) is 5.26 Å². The van der Waals surface area contributed by atoms with Crippen molar-refractivity contribution in [2.45, 2.75) is 12.2 Å². The summed E-state index contributed by atoms with van der Waals surface area (Å²) in [4.78, 5) is 3.54. The van der Waals surface area contributed by atoms with Gasteiger partial charge in [0.05, 0.1) is 5.88 Å². The van der Waals surface area contributed by atoms with E-state index in [-0.39, 0.29) is 23.0 Å². The zero-order chi connectivity index (χ0) is 12.3. The van der Waals surface area contributed by atoms with Crippen LogP contribution in [0.1, 0.15) is 11.3 Å². The van der Waals surface area contributed by atoms with Crippen LogP contribution >= 0.6 is 11.6 Å². The van der Waals surface area contributed by atoms with Gasteiger partial charge in [0.1, 0.15) is 17.6 Å². The Kier molecular flexibility index (Phi) is 3.44. The number of nitrogens with two attached hydrogens (primary N) is 1. The molecule has 0 amide bonds. The van der Waals surface area contributed by atoms with Gasteiger partial charge < -0.3 is 10.5 Å². The average Bonchev–Trinajstić information content (AvgIpc) is 2.14. The Morgan fingerprint density at radius 3 is 2.62 bits per heavy atom. The zero-order valence-electron chi connectivity index (χ0n) is 7.68. The number of rotatable bonds is 2. The van der Waals surface area contributed by atoms with Crippen LogP contribution in [-0.4, -0.2) is 11.3 Å². The van der Waals surface area contributed by atoms with Gasteiger partial charge in [-0.3, -0.25) is 0 Å². The Hall–Kier alpha value is -1.68. The van der Waals surface area contributed by atoms with Crippen molar-refractivity contribution in [2.75, 3.05) is 5.73 Å². The van der Waals surface area contributed by atoms with Crippen LogP contribution in [0.3, 0.4) is 0 Å². The summed E-state index contributed by atoms with van der Waals surface area (Å²) in [5.74, 6) is -1.18. The second-order valence-electron chi connectivity index (χ2n) is 2.67. The predicted octanol–water partition coefficient (Wildman–Crippen LogP) is 2.17. The van der Waals surface area contributed by atoms with E-state index in [9.17, 15) is 13.2 Å². The van der Waals surface area contributed by atoms with Gasteiger partial charge in [-0.1, -0.05) is 0 Å². The van der Waals surface area contributed by atoms with Gasteiger partial charge in [0.25, 0.3) is 0 Å². The molecule has 0 spiro atoms. The molecule has 16 heavy (non-hydrogen) atoms. The predicted molar refractivity (Wildman–Crippen MR) is 49.6 cm³/mol. The summed E-state index contributed by atoms with van der Waals surface area (Å²) < 4.78 is 39.7. The summed E-state index contributed by atoms with van der Waals surface area (Å²) in [5.41, 5.74) is 4.80. The lowest BCUT2D eigenvalue weighted by Crippen LogP contribution is -2.19. The van der Waals surface area contributed by atoms with E-state index in [1.165, 1.54) is 0 Å². The summed E-state index contributed by atoms with van der Waals surface area (Å²) >= 11 is 5.42. The highest BCUT2D eigenvalue weighted by Gasteiger charge is 2.32. The third-order valence-corrected chi connectivity index (χ3v) is 1.84. The number of nitrogen functional groups attached to an aromatic ring is 1. The summed E-state index contributed by atoms with van der Waals surface area (Å²) in [6, 6.07) is 2.46. The van der Waals surface area contributed by atoms with Gasteiger partial charge in [-0.25, -0.2) is 4.98 Å². The van der Waals surface area contributed by atoms with Gasteiger partial charge in [-0.2, -0.15) is 5.26 Å². The summed E-state index contributed by atoms with van der Waals surface area (Å²) in [6.07, 6.45) is -4.87. The lowest BCUT2D eigenvalue weighted by Gasteiger charge is -2.12. The van der Waals surface area contributed by atoms with Gasteiger partial charge in [0.2, 0.25) is 0 Å². The second-order valence-corrected chi connectivity index (χ2v) is 2.93. The number of pyridine rings is 1. The van der Waals surface area contributed by atoms with Gasteiger partial charge in [-0.15, -0.1) is 24.8 Å². The molecule has 0 aromatic carbocycles. The maximum absolute atomic E-state index is 12.0. The smallest absolute Gasteiger partial charge is 0.405 e. The molecule has 0 radical (unpaired) electrons. The maximum Gasteiger partial charge on any atom is 0.573 e. The summed E-state index contributed by atoms with van der Waals surface area (Å²) in [6.45, 7) is 0. The number of ether oxygens (including phenoxy) is 1. The van der Waals surface area contributed by atoms with E-state index in [0.29, 0.717) is 0 Å². The van der Waals surface area contributed by atoms with E-state index >= 15 is 0 Å². The van der Waals surface area contributed by atoms with Crippen molar-refractivity contribution in [3.63, 3.8) is 0 Å². The number of hydrogen-bond donors (Lipinski definition) is 1. The highest BCUT2D eigenvalue weighted by molar-refractivity contribution is 6.17. The molecule has 1 aromatic heterocycles. The molecule has 0 atom stereocenters. The van der Waals surface area contributed by atoms with Crippen LogP contribution in [-0.2, 0) is 5.88 Å². The number of nitriles is 1. The molecule has 0 bridgehead atoms. The van der Waals surface area contributed by atoms with Crippen LogP contribution in [0.15, 0.2) is 6.07 Å². The molecule has 1 aromatic rings. The average molecular weight is 252 g/mol. The first-order chi connectivity index (χ1) is 7.37. The third-order valence-electron chi connectivity index (χ3n) is 1.57. The van der Waals surface area contributed by atoms with Crippen molar-refractivity contribution in [3.05, 3.63) is 17.3 Å². The van der Waals surface area contributed by atoms with Crippen LogP contribution in [0, 0.1) is 11.3 Å². The fourth-order valence-electron chi connectivity index (χ4n) is 1.00. The molecule has 0 fully saturated rings. The number of hydrogen-bond acceptors (Lipinski definition) is 4. The quantitative estimate of drug-likeness (QED) is 0.818. The lowest BCUT2D eigenvalue weighted by molar-refractivity contribution is -0.274. The molecule has 8 heteroatoms. The zero-order valence-corrected chi connectivity index (χ0v) is 8.43. The van der Waals surface area contributed by atoms with E-state index in [4.69, 9.17) is 22.6 Å². The largest absolute Gasteiger partial charge is 0.573 e. The summed E-state index contributed by atoms with van der Waals surface area (Å²) in [5, 5.41) is 8.63. The Balaban J connectivity index is 3.27. The number of nitrogens with zero attached hydrogens (tertiary/aromatic N) is 2. The van der Waals surface area contributed by atoms with Crippen LogP contribution in [0.2, 0.25) is 0 Å². The molecule has 0 aliphatic heterocycles. The molecule has 0 saturated carbocycles. The van der Waals surface area contributed by atoms with Crippen molar-refractivity contribution in [1.82, 2.24) is 4.98 Å². The second kappa shape index (κ2) is 4.45. The highest BCUT2D eigenvalue weighted by Crippen LogP contribution is 2.30. The van der Waals surface area contributed by atoms with Crippen LogP contribution in [0.4, 0.5) is 19.0 Å². The Bertz CT molecular complexity index is 441. The molecule has 4 nitrogen and oxygen atoms in total. The molecule has 1 rings (SSSR count). The monoisotopic (exact) mass is 251 g/mol. The third kappa shape index (κ3) is 2.90. The van der Waals surface area contributed by atoms with E-state index in [1.54, 1.807) is 6.07 Å². The van der Waals surface area contributed by atoms with Crippen molar-refractivity contribution < 1.29 is 17.9 Å². The van der Waals surface area contributed by atoms with E-state index in [0.717, 1.165) is 6.07 Å². The van der Waals surface area contributed by atoms with Gasteiger partial charge in [0.15, 0.2) is 5.69 Å². The molecule has 1 heterocycles. The standard InChI is InChI=1S/C8H5ClF3N3O/c9-2-4-5(3-13)15-7(14)1-6(4)16-8(10,11)12/h1H,2H2,(H2,14,15). The lowest BCUT2D eigenvalue weighted by atomic mass is 10.2. The molecule has 0 unspecified atom stereocenters. The Morgan fingerprint density at radius 2 is 2.19 bits per heavy atom. The van der Waals surface area contributed by atoms with E-state index in [1.807, 2.05) is 0 Å². The maximum atomic E-state index is 12.0. The number of alkyl halides is 4. The fourth-order valence-corrected chi connectivity index (χ4v) is 1.26. The highest BCUT2D eigenvalue weighted by atomic mass is 35.5. The molecular weight excluding hydrogens is 247 g/mol. The van der Waals surface area contributed by atoms with Gasteiger partial charge >= 0.3 is 6.36 Å². The van der Waals surface area contributed by atoms with Crippen LogP contribution in [0.5, 0.6) is 5.75 Å². The van der Waals surface area contributed by atoms with E-state index < -0.39 is 12.1 Å². The van der Waals surface area contributed by atoms with Gasteiger partial charge in [-0.05, 0) is 0 Å². The van der Waals surface area contributed by atoms with E-state index in [2.05, 4.69) is 9.72 Å². The minimum absolute atomic E-state index is 0.143. The minimum atomic E-state index is -4.87. The SMILES string of the molecule is N#Cc1nc(N)cc(OC(F)(F)F)c1CCl. The van der Waals surface area contributed by atoms with Crippen molar-refractivity contribution in [2.24, 2.45) is 0 Å². The Labute approximate surface area is 93.4 Å². The summed E-state index contributed by atoms with van der Waals surface area (Å²) in [7, 11) is 0. The van der Waals surface area contributed by atoms with Gasteiger partial charge in [0, 0.05) is 11.6 Å². The Morgan fingerprint density at radius 1 is 1.56 bits per heavy atom. The van der Waals surface area contributed by atoms with Crippen LogP contribution < -0.4 is 10.5 Å². The minimum Gasteiger partial charge on any atom is -0.405 e. The molecule has 86 valence electrons. The number of anilines is 1. The van der Waals surface area contributed by atoms with Crippen molar-refractivity contribution >= 4 is 17.4 Å². The molecule has 2 N–H and O–H groups in total. The first-order valence-corrected chi connectivity index (χ1v) is 4.42. The first-order valence-electron chi connectivity index (χ1n) is 3.88. The topological polar surface area (TPSA) is 71.9 Å². The van der Waals surface area contributed by atoms with Crippen LogP contribution in [0.25, 0.3) is 0 Å². The number of aromatic nitrogens is 1. The van der Waals surface area contributed by atoms with Crippen molar-refractivity contribution in [3.8, 4) is 11.8 Å². The fraction of sp³-hybridized carbons (Fsp3) is 0.250. The normalized spacial score (nSPS) is 10.9.